The Balaban J connectivity index is 1.91. The summed E-state index contributed by atoms with van der Waals surface area (Å²) in [5.41, 5.74) is 1.50. The standard InChI is InChI=1S/C19H25N3O2/c1-14(2)19(3,13-20)21-18(24)12-22-10-8-16(9-11-22)15-4-6-17(23)7-5-15/h4-8,14,23H,9-12H2,1-3H3,(H,21,24)/t19-/m1/s1. The van der Waals surface area contributed by atoms with Gasteiger partial charge in [0.2, 0.25) is 5.91 Å². The van der Waals surface area contributed by atoms with Crippen LogP contribution in [0.4, 0.5) is 0 Å². The van der Waals surface area contributed by atoms with Gasteiger partial charge in [-0.05, 0) is 42.5 Å². The number of carbonyl (C=O) groups is 1. The number of nitrogens with zero attached hydrogens (tertiary/aromatic N) is 2. The van der Waals surface area contributed by atoms with Gasteiger partial charge in [0.05, 0.1) is 12.6 Å². The van der Waals surface area contributed by atoms with Crippen molar-refractivity contribution in [2.24, 2.45) is 5.92 Å². The van der Waals surface area contributed by atoms with Crippen molar-refractivity contribution < 1.29 is 9.90 Å². The average Bonchev–Trinajstić information content (AvgIpc) is 2.56. The van der Waals surface area contributed by atoms with E-state index in [1.807, 2.05) is 26.0 Å². The smallest absolute Gasteiger partial charge is 0.235 e. The Morgan fingerprint density at radius 3 is 2.58 bits per heavy atom. The van der Waals surface area contributed by atoms with E-state index in [-0.39, 0.29) is 17.6 Å². The van der Waals surface area contributed by atoms with Crippen LogP contribution in [0.25, 0.3) is 5.57 Å². The summed E-state index contributed by atoms with van der Waals surface area (Å²) in [7, 11) is 0. The Kier molecular flexibility index (Phi) is 5.63. The molecule has 0 radical (unpaired) electrons. The number of rotatable bonds is 5. The molecule has 1 heterocycles. The first kappa shape index (κ1) is 18.0. The molecule has 1 aromatic carbocycles. The first-order valence-electron chi connectivity index (χ1n) is 8.27. The van der Waals surface area contributed by atoms with Gasteiger partial charge < -0.3 is 10.4 Å². The molecule has 1 amide bonds. The number of hydrogen-bond donors (Lipinski definition) is 2. The topological polar surface area (TPSA) is 76.4 Å². The molecule has 0 fully saturated rings. The predicted octanol–water partition coefficient (Wildman–Crippen LogP) is 2.54. The lowest BCUT2D eigenvalue weighted by Gasteiger charge is -2.30. The molecule has 0 saturated carbocycles. The third kappa shape index (κ3) is 4.36. The van der Waals surface area contributed by atoms with Crippen molar-refractivity contribution in [2.45, 2.75) is 32.7 Å². The van der Waals surface area contributed by atoms with Crippen molar-refractivity contribution in [3.8, 4) is 11.8 Å². The van der Waals surface area contributed by atoms with Gasteiger partial charge in [-0.25, -0.2) is 0 Å². The molecule has 0 spiro atoms. The Morgan fingerprint density at radius 1 is 1.42 bits per heavy atom. The van der Waals surface area contributed by atoms with Crippen molar-refractivity contribution in [3.05, 3.63) is 35.9 Å². The summed E-state index contributed by atoms with van der Waals surface area (Å²) in [5, 5.41) is 21.5. The molecule has 1 aliphatic heterocycles. The third-order valence-corrected chi connectivity index (χ3v) is 4.68. The quantitative estimate of drug-likeness (QED) is 0.871. The summed E-state index contributed by atoms with van der Waals surface area (Å²) in [6.45, 7) is 7.41. The molecular weight excluding hydrogens is 302 g/mol. The lowest BCUT2D eigenvalue weighted by molar-refractivity contribution is -0.123. The average molecular weight is 327 g/mol. The van der Waals surface area contributed by atoms with E-state index in [9.17, 15) is 15.2 Å². The number of phenols is 1. The van der Waals surface area contributed by atoms with Crippen LogP contribution in [0, 0.1) is 17.2 Å². The molecule has 0 unspecified atom stereocenters. The second-order valence-corrected chi connectivity index (χ2v) is 6.78. The molecule has 128 valence electrons. The van der Waals surface area contributed by atoms with Crippen molar-refractivity contribution in [2.75, 3.05) is 19.6 Å². The Morgan fingerprint density at radius 2 is 2.08 bits per heavy atom. The predicted molar refractivity (Wildman–Crippen MR) is 94.1 cm³/mol. The molecule has 0 aliphatic carbocycles. The first-order valence-corrected chi connectivity index (χ1v) is 8.27. The summed E-state index contributed by atoms with van der Waals surface area (Å²) in [6, 6.07) is 9.38. The van der Waals surface area contributed by atoms with Gasteiger partial charge in [0.25, 0.3) is 0 Å². The fourth-order valence-electron chi connectivity index (χ4n) is 2.63. The minimum atomic E-state index is -0.833. The Labute approximate surface area is 143 Å². The zero-order valence-electron chi connectivity index (χ0n) is 14.5. The van der Waals surface area contributed by atoms with Crippen LogP contribution in [0.1, 0.15) is 32.8 Å². The van der Waals surface area contributed by atoms with Crippen molar-refractivity contribution in [1.29, 1.82) is 5.26 Å². The van der Waals surface area contributed by atoms with Gasteiger partial charge >= 0.3 is 0 Å². The van der Waals surface area contributed by atoms with E-state index in [0.717, 1.165) is 18.5 Å². The summed E-state index contributed by atoms with van der Waals surface area (Å²) in [6.07, 6.45) is 2.98. The van der Waals surface area contributed by atoms with Gasteiger partial charge in [-0.3, -0.25) is 9.69 Å². The van der Waals surface area contributed by atoms with Crippen LogP contribution in [0.2, 0.25) is 0 Å². The van der Waals surface area contributed by atoms with Crippen molar-refractivity contribution in [1.82, 2.24) is 10.2 Å². The van der Waals surface area contributed by atoms with E-state index >= 15 is 0 Å². The van der Waals surface area contributed by atoms with Gasteiger partial charge in [0.1, 0.15) is 11.3 Å². The summed E-state index contributed by atoms with van der Waals surface area (Å²) in [5.74, 6) is 0.196. The van der Waals surface area contributed by atoms with Crippen LogP contribution in [0.15, 0.2) is 30.3 Å². The number of hydrogen-bond acceptors (Lipinski definition) is 4. The highest BCUT2D eigenvalue weighted by molar-refractivity contribution is 5.79. The second-order valence-electron chi connectivity index (χ2n) is 6.78. The largest absolute Gasteiger partial charge is 0.508 e. The Bertz CT molecular complexity index is 658. The van der Waals surface area contributed by atoms with Crippen LogP contribution < -0.4 is 5.32 Å². The zero-order valence-corrected chi connectivity index (χ0v) is 14.5. The van der Waals surface area contributed by atoms with Gasteiger partial charge in [-0.1, -0.05) is 32.1 Å². The molecular formula is C19H25N3O2. The van der Waals surface area contributed by atoms with Crippen molar-refractivity contribution in [3.63, 3.8) is 0 Å². The zero-order chi connectivity index (χ0) is 17.7. The summed E-state index contributed by atoms with van der Waals surface area (Å²) in [4.78, 5) is 14.3. The molecule has 5 heteroatoms. The van der Waals surface area contributed by atoms with Crippen LogP contribution in [-0.2, 0) is 4.79 Å². The molecule has 1 aliphatic rings. The van der Waals surface area contributed by atoms with Gasteiger partial charge in [-0.2, -0.15) is 5.26 Å². The molecule has 24 heavy (non-hydrogen) atoms. The molecule has 2 N–H and O–H groups in total. The van der Waals surface area contributed by atoms with Gasteiger partial charge in [0, 0.05) is 13.1 Å². The molecule has 1 atom stereocenters. The third-order valence-electron chi connectivity index (χ3n) is 4.68. The van der Waals surface area contributed by atoms with Crippen molar-refractivity contribution >= 4 is 11.5 Å². The fraction of sp³-hybridized carbons (Fsp3) is 0.474. The first-order chi connectivity index (χ1) is 11.3. The number of aromatic hydroxyl groups is 1. The minimum absolute atomic E-state index is 0.0498. The molecule has 0 bridgehead atoms. The minimum Gasteiger partial charge on any atom is -0.508 e. The molecule has 0 aromatic heterocycles. The maximum atomic E-state index is 12.2. The maximum absolute atomic E-state index is 12.2. The second kappa shape index (κ2) is 7.50. The normalized spacial score (nSPS) is 17.7. The number of nitrogens with one attached hydrogen (secondary N) is 1. The molecule has 1 aromatic rings. The van der Waals surface area contributed by atoms with E-state index in [1.165, 1.54) is 5.57 Å². The van der Waals surface area contributed by atoms with Gasteiger partial charge in [0.15, 0.2) is 0 Å². The SMILES string of the molecule is CC(C)[C@@](C)(C#N)NC(=O)CN1CC=C(c2ccc(O)cc2)CC1. The summed E-state index contributed by atoms with van der Waals surface area (Å²) >= 11 is 0. The number of carbonyl (C=O) groups excluding carboxylic acids is 1. The number of amides is 1. The van der Waals surface area contributed by atoms with Crippen LogP contribution in [-0.4, -0.2) is 41.1 Å². The molecule has 5 nitrogen and oxygen atoms in total. The lowest BCUT2D eigenvalue weighted by Crippen LogP contribution is -2.52. The highest BCUT2D eigenvalue weighted by atomic mass is 16.3. The molecule has 2 rings (SSSR count). The molecule has 0 saturated heterocycles. The van der Waals surface area contributed by atoms with E-state index in [1.54, 1.807) is 19.1 Å². The van der Waals surface area contributed by atoms with E-state index < -0.39 is 5.54 Å². The fourth-order valence-corrected chi connectivity index (χ4v) is 2.63. The summed E-state index contributed by atoms with van der Waals surface area (Å²) < 4.78 is 0. The van der Waals surface area contributed by atoms with Crippen LogP contribution in [0.3, 0.4) is 0 Å². The van der Waals surface area contributed by atoms with Gasteiger partial charge in [-0.15, -0.1) is 0 Å². The number of benzene rings is 1. The highest BCUT2D eigenvalue weighted by Crippen LogP contribution is 2.24. The number of phenolic OH excluding ortho intramolecular Hbond substituents is 1. The van der Waals surface area contributed by atoms with Crippen LogP contribution >= 0.6 is 0 Å². The number of nitriles is 1. The lowest BCUT2D eigenvalue weighted by atomic mass is 9.90. The van der Waals surface area contributed by atoms with Crippen LogP contribution in [0.5, 0.6) is 5.75 Å². The Hall–Kier alpha value is -2.32. The monoisotopic (exact) mass is 327 g/mol. The van der Waals surface area contributed by atoms with E-state index in [4.69, 9.17) is 0 Å². The van der Waals surface area contributed by atoms with E-state index in [2.05, 4.69) is 22.4 Å². The maximum Gasteiger partial charge on any atom is 0.235 e. The highest BCUT2D eigenvalue weighted by Gasteiger charge is 2.30. The van der Waals surface area contributed by atoms with E-state index in [0.29, 0.717) is 13.1 Å².